The summed E-state index contributed by atoms with van der Waals surface area (Å²) < 4.78 is 59.6. The average molecular weight is 496 g/mol. The third kappa shape index (κ3) is 4.48. The zero-order chi connectivity index (χ0) is 24.9. The first-order valence-electron chi connectivity index (χ1n) is 11.6. The summed E-state index contributed by atoms with van der Waals surface area (Å²) in [6.45, 7) is 6.61. The lowest BCUT2D eigenvalue weighted by Crippen LogP contribution is -2.33. The number of alkyl halides is 3. The van der Waals surface area contributed by atoms with Crippen molar-refractivity contribution in [3.63, 3.8) is 0 Å². The lowest BCUT2D eigenvalue weighted by atomic mass is 10.0. The van der Waals surface area contributed by atoms with Gasteiger partial charge in [0.25, 0.3) is 0 Å². The number of nitrogens with one attached hydrogen (secondary N) is 2. The summed E-state index contributed by atoms with van der Waals surface area (Å²) in [5, 5.41) is 10.7. The normalized spacial score (nSPS) is 25.5. The van der Waals surface area contributed by atoms with Crippen molar-refractivity contribution < 1.29 is 32.2 Å². The van der Waals surface area contributed by atoms with Crippen molar-refractivity contribution in [2.75, 3.05) is 37.1 Å². The van der Waals surface area contributed by atoms with E-state index in [1.54, 1.807) is 11.6 Å². The Bertz CT molecular complexity index is 1120. The molecular weight excluding hydrogens is 469 g/mol. The molecule has 4 heterocycles. The Kier molecular flexibility index (Phi) is 5.98. The van der Waals surface area contributed by atoms with Gasteiger partial charge in [-0.25, -0.2) is 9.67 Å². The van der Waals surface area contributed by atoms with Crippen molar-refractivity contribution in [1.82, 2.24) is 19.7 Å². The van der Waals surface area contributed by atoms with E-state index in [0.29, 0.717) is 36.9 Å². The van der Waals surface area contributed by atoms with Crippen LogP contribution in [0.4, 0.5) is 30.8 Å². The van der Waals surface area contributed by atoms with Crippen LogP contribution >= 0.6 is 0 Å². The predicted octanol–water partition coefficient (Wildman–Crippen LogP) is 3.50. The van der Waals surface area contributed by atoms with Crippen molar-refractivity contribution in [3.05, 3.63) is 17.5 Å². The number of fused-ring (bicyclic) bond motifs is 4. The number of ether oxygens (including phenoxy) is 3. The number of hydrogen-bond acceptors (Lipinski definition) is 9. The maximum atomic E-state index is 13.6. The molecule has 2 aliphatic heterocycles. The number of carbonyl (C=O) groups excluding carboxylic acids is 1. The third-order valence-corrected chi connectivity index (χ3v) is 6.40. The molecule has 0 radical (unpaired) electrons. The summed E-state index contributed by atoms with van der Waals surface area (Å²) in [5.74, 6) is -0.481. The second kappa shape index (κ2) is 8.85. The van der Waals surface area contributed by atoms with Crippen molar-refractivity contribution in [3.8, 4) is 5.75 Å². The van der Waals surface area contributed by atoms with Gasteiger partial charge >= 0.3 is 12.1 Å². The lowest BCUT2D eigenvalue weighted by molar-refractivity contribution is -0.144. The molecule has 1 saturated carbocycles. The number of hydrogen-bond donors (Lipinski definition) is 2. The van der Waals surface area contributed by atoms with Crippen LogP contribution < -0.4 is 15.4 Å². The van der Waals surface area contributed by atoms with Gasteiger partial charge in [-0.3, -0.25) is 4.79 Å². The van der Waals surface area contributed by atoms with Crippen LogP contribution in [0.5, 0.6) is 5.75 Å². The maximum Gasteiger partial charge on any atom is 0.421 e. The Labute approximate surface area is 199 Å². The fourth-order valence-electron chi connectivity index (χ4n) is 4.47. The molecule has 2 N–H and O–H groups in total. The average Bonchev–Trinajstić information content (AvgIpc) is 3.34. The van der Waals surface area contributed by atoms with Crippen molar-refractivity contribution >= 4 is 23.6 Å². The molecular formula is C22H27F3N6O4. The fraction of sp³-hybridized carbons (Fsp3) is 0.636. The molecule has 0 unspecified atom stereocenters. The molecule has 2 aromatic rings. The molecule has 5 rings (SSSR count). The molecule has 0 spiro atoms. The van der Waals surface area contributed by atoms with E-state index in [-0.39, 0.29) is 54.7 Å². The van der Waals surface area contributed by atoms with Crippen molar-refractivity contribution in [2.45, 2.75) is 51.4 Å². The summed E-state index contributed by atoms with van der Waals surface area (Å²) in [5.41, 5.74) is -0.350. The number of rotatable bonds is 4. The van der Waals surface area contributed by atoms with Crippen LogP contribution in [-0.2, 0) is 20.4 Å². The van der Waals surface area contributed by atoms with E-state index in [9.17, 15) is 18.0 Å². The maximum absolute atomic E-state index is 13.6. The molecule has 35 heavy (non-hydrogen) atoms. The minimum absolute atomic E-state index is 0.0335. The first kappa shape index (κ1) is 23.6. The van der Waals surface area contributed by atoms with Gasteiger partial charge in [-0.2, -0.15) is 23.3 Å². The van der Waals surface area contributed by atoms with Gasteiger partial charge in [0.2, 0.25) is 5.95 Å². The highest BCUT2D eigenvalue weighted by Crippen LogP contribution is 2.53. The smallest absolute Gasteiger partial charge is 0.421 e. The summed E-state index contributed by atoms with van der Waals surface area (Å²) in [6, 6.07) is -0.551. The lowest BCUT2D eigenvalue weighted by Gasteiger charge is -2.21. The Balaban J connectivity index is 1.58. The Morgan fingerprint density at radius 3 is 2.83 bits per heavy atom. The Hall–Kier alpha value is -3.09. The summed E-state index contributed by atoms with van der Waals surface area (Å²) >= 11 is 0. The highest BCUT2D eigenvalue weighted by atomic mass is 19.4. The van der Waals surface area contributed by atoms with Gasteiger partial charge in [-0.05, 0) is 27.2 Å². The summed E-state index contributed by atoms with van der Waals surface area (Å²) in [4.78, 5) is 20.4. The van der Waals surface area contributed by atoms with E-state index in [0.717, 1.165) is 6.20 Å². The SMILES string of the molecule is CCOC(=O)[C@@H]1C[C@@H]1c1nn(C(C)C)c2c1OC[C@@H]1COC[C@H]1Nc1nc(ncc1C(F)(F)F)N2. The minimum Gasteiger partial charge on any atom is -0.487 e. The molecule has 10 nitrogen and oxygen atoms in total. The quantitative estimate of drug-likeness (QED) is 0.614. The van der Waals surface area contributed by atoms with Gasteiger partial charge < -0.3 is 24.8 Å². The summed E-state index contributed by atoms with van der Waals surface area (Å²) in [6.07, 6.45) is -3.28. The molecule has 2 fully saturated rings. The number of carbonyl (C=O) groups is 1. The number of esters is 1. The topological polar surface area (TPSA) is 112 Å². The van der Waals surface area contributed by atoms with Crippen molar-refractivity contribution in [2.24, 2.45) is 11.8 Å². The van der Waals surface area contributed by atoms with Crippen LogP contribution in [0.2, 0.25) is 0 Å². The number of nitrogens with zero attached hydrogens (tertiary/aromatic N) is 4. The molecule has 0 amide bonds. The monoisotopic (exact) mass is 496 g/mol. The first-order valence-corrected chi connectivity index (χ1v) is 11.6. The molecule has 1 aliphatic carbocycles. The van der Waals surface area contributed by atoms with Crippen molar-refractivity contribution in [1.29, 1.82) is 0 Å². The van der Waals surface area contributed by atoms with Gasteiger partial charge in [0, 0.05) is 24.1 Å². The van der Waals surface area contributed by atoms with Crippen LogP contribution in [-0.4, -0.2) is 58.2 Å². The van der Waals surface area contributed by atoms with E-state index in [4.69, 9.17) is 19.3 Å². The van der Waals surface area contributed by atoms with Gasteiger partial charge in [0.15, 0.2) is 11.6 Å². The van der Waals surface area contributed by atoms with Gasteiger partial charge in [-0.15, -0.1) is 0 Å². The number of aromatic nitrogens is 4. The van der Waals surface area contributed by atoms with Crippen LogP contribution in [0.1, 0.15) is 50.4 Å². The molecule has 0 aromatic carbocycles. The highest BCUT2D eigenvalue weighted by Gasteiger charge is 2.49. The van der Waals surface area contributed by atoms with E-state index in [1.807, 2.05) is 13.8 Å². The molecule has 190 valence electrons. The second-order valence-electron chi connectivity index (χ2n) is 9.24. The highest BCUT2D eigenvalue weighted by molar-refractivity contribution is 5.78. The Morgan fingerprint density at radius 2 is 2.11 bits per heavy atom. The van der Waals surface area contributed by atoms with Gasteiger partial charge in [0.05, 0.1) is 38.4 Å². The number of halogens is 3. The predicted molar refractivity (Wildman–Crippen MR) is 118 cm³/mol. The second-order valence-corrected chi connectivity index (χ2v) is 9.24. The van der Waals surface area contributed by atoms with E-state index in [1.165, 1.54) is 0 Å². The third-order valence-electron chi connectivity index (χ3n) is 6.40. The fourth-order valence-corrected chi connectivity index (χ4v) is 4.47. The van der Waals surface area contributed by atoms with Crippen LogP contribution in [0.25, 0.3) is 0 Å². The van der Waals surface area contributed by atoms with Gasteiger partial charge in [0.1, 0.15) is 17.1 Å². The molecule has 4 atom stereocenters. The molecule has 13 heteroatoms. The molecule has 3 aliphatic rings. The molecule has 1 saturated heterocycles. The minimum atomic E-state index is -4.63. The molecule has 2 bridgehead atoms. The van der Waals surface area contributed by atoms with Crippen LogP contribution in [0.15, 0.2) is 6.20 Å². The van der Waals surface area contributed by atoms with Gasteiger partial charge in [-0.1, -0.05) is 0 Å². The van der Waals surface area contributed by atoms with E-state index < -0.39 is 17.8 Å². The first-order chi connectivity index (χ1) is 16.7. The Morgan fingerprint density at radius 1 is 1.31 bits per heavy atom. The molecule has 2 aromatic heterocycles. The number of anilines is 3. The van der Waals surface area contributed by atoms with E-state index in [2.05, 4.69) is 20.6 Å². The standard InChI is InChI=1S/C22H27F3N6O4/c1-4-34-20(32)13-5-12(13)16-17-19(31(30-16)10(2)3)29-21-26-6-14(22(23,24)25)18(28-21)27-15-9-33-7-11(15)8-35-17/h6,10-13,15H,4-5,7-9H2,1-3H3,(H2,26,27,28,29)/t11-,12-,13+,15+/m0/s1. The largest absolute Gasteiger partial charge is 0.487 e. The zero-order valence-electron chi connectivity index (χ0n) is 19.6. The zero-order valence-corrected chi connectivity index (χ0v) is 19.6. The van der Waals surface area contributed by atoms with Crippen LogP contribution in [0, 0.1) is 11.8 Å². The van der Waals surface area contributed by atoms with Crippen LogP contribution in [0.3, 0.4) is 0 Å². The van der Waals surface area contributed by atoms with E-state index >= 15 is 0 Å². The summed E-state index contributed by atoms with van der Waals surface area (Å²) in [7, 11) is 0.